The van der Waals surface area contributed by atoms with E-state index in [-0.39, 0.29) is 0 Å². The van der Waals surface area contributed by atoms with Gasteiger partial charge in [-0.3, -0.25) is 0 Å². The van der Waals surface area contributed by atoms with Crippen molar-refractivity contribution in [2.24, 2.45) is 11.8 Å². The first kappa shape index (κ1) is 11.5. The maximum atomic E-state index is 2.25. The van der Waals surface area contributed by atoms with E-state index in [2.05, 4.69) is 53.7 Å². The summed E-state index contributed by atoms with van der Waals surface area (Å²) < 4.78 is 0. The topological polar surface area (TPSA) is 0 Å². The molecule has 0 saturated heterocycles. The monoisotopic (exact) mass is 166 g/mol. The van der Waals surface area contributed by atoms with Crippen molar-refractivity contribution in [1.29, 1.82) is 0 Å². The van der Waals surface area contributed by atoms with Gasteiger partial charge >= 0.3 is 0 Å². The maximum absolute atomic E-state index is 2.25. The van der Waals surface area contributed by atoms with Gasteiger partial charge in [-0.25, -0.2) is 0 Å². The van der Waals surface area contributed by atoms with Crippen molar-refractivity contribution in [2.45, 2.75) is 41.5 Å². The fraction of sp³-hybridized carbons (Fsp3) is 0.667. The maximum Gasteiger partial charge on any atom is -0.0219 e. The molecule has 0 N–H and O–H groups in total. The van der Waals surface area contributed by atoms with E-state index in [0.717, 1.165) is 0 Å². The Morgan fingerprint density at radius 2 is 1.00 bits per heavy atom. The molecule has 0 atom stereocenters. The molecule has 0 rings (SSSR count). The molecule has 70 valence electrons. The van der Waals surface area contributed by atoms with Gasteiger partial charge in [0.2, 0.25) is 0 Å². The molecule has 0 heteroatoms. The molecule has 0 radical (unpaired) electrons. The van der Waals surface area contributed by atoms with Crippen molar-refractivity contribution < 1.29 is 0 Å². The molecule has 0 spiro atoms. The lowest BCUT2D eigenvalue weighted by Crippen LogP contribution is -2.03. The van der Waals surface area contributed by atoms with Crippen molar-refractivity contribution in [3.8, 4) is 0 Å². The Morgan fingerprint density at radius 1 is 0.750 bits per heavy atom. The molecular weight excluding hydrogens is 144 g/mol. The van der Waals surface area contributed by atoms with E-state index in [1.807, 2.05) is 0 Å². The zero-order valence-corrected chi connectivity index (χ0v) is 9.31. The van der Waals surface area contributed by atoms with Gasteiger partial charge < -0.3 is 0 Å². The molecule has 0 amide bonds. The van der Waals surface area contributed by atoms with Crippen LogP contribution in [-0.2, 0) is 0 Å². The van der Waals surface area contributed by atoms with E-state index in [1.54, 1.807) is 0 Å². The molecule has 0 aromatic carbocycles. The number of hydrogen-bond acceptors (Lipinski definition) is 0. The van der Waals surface area contributed by atoms with Gasteiger partial charge in [0.05, 0.1) is 0 Å². The fourth-order valence-electron chi connectivity index (χ4n) is 1.67. The highest BCUT2D eigenvalue weighted by Crippen LogP contribution is 2.25. The largest absolute Gasteiger partial charge is 0.0839 e. The molecule has 12 heavy (non-hydrogen) atoms. The third-order valence-corrected chi connectivity index (χ3v) is 2.20. The highest BCUT2D eigenvalue weighted by Gasteiger charge is 2.10. The summed E-state index contributed by atoms with van der Waals surface area (Å²) in [5, 5.41) is 0. The molecule has 0 aliphatic rings. The highest BCUT2D eigenvalue weighted by atomic mass is 14.2. The van der Waals surface area contributed by atoms with Crippen LogP contribution < -0.4 is 0 Å². The van der Waals surface area contributed by atoms with Crippen LogP contribution in [0.3, 0.4) is 0 Å². The number of rotatable bonds is 3. The molecule has 0 bridgehead atoms. The summed E-state index contributed by atoms with van der Waals surface area (Å²) in [6, 6.07) is 0. The van der Waals surface area contributed by atoms with Crippen LogP contribution in [0.2, 0.25) is 0 Å². The van der Waals surface area contributed by atoms with Crippen molar-refractivity contribution in [3.63, 3.8) is 0 Å². The smallest absolute Gasteiger partial charge is 0.0219 e. The van der Waals surface area contributed by atoms with Crippen LogP contribution >= 0.6 is 0 Å². The fourth-order valence-corrected chi connectivity index (χ4v) is 1.67. The third-order valence-electron chi connectivity index (χ3n) is 2.20. The summed E-state index contributed by atoms with van der Waals surface area (Å²) in [6.45, 7) is 13.3. The van der Waals surface area contributed by atoms with Gasteiger partial charge in [-0.15, -0.1) is 0 Å². The lowest BCUT2D eigenvalue weighted by atomic mass is 9.88. The molecule has 0 aromatic heterocycles. The van der Waals surface area contributed by atoms with Crippen molar-refractivity contribution in [2.75, 3.05) is 0 Å². The second kappa shape index (κ2) is 5.18. The molecule has 0 aromatic rings. The van der Waals surface area contributed by atoms with E-state index in [4.69, 9.17) is 0 Å². The molecule has 0 nitrogen and oxygen atoms in total. The van der Waals surface area contributed by atoms with E-state index in [9.17, 15) is 0 Å². The van der Waals surface area contributed by atoms with Crippen LogP contribution in [0.4, 0.5) is 0 Å². The minimum atomic E-state index is 0.642. The predicted octanol–water partition coefficient (Wildman–Crippen LogP) is 4.19. The van der Waals surface area contributed by atoms with Crippen LogP contribution in [0.1, 0.15) is 41.5 Å². The third kappa shape index (κ3) is 2.84. The molecular formula is C12H22. The molecule has 0 aliphatic heterocycles. The summed E-state index contributed by atoms with van der Waals surface area (Å²) in [5.74, 6) is 1.28. The van der Waals surface area contributed by atoms with Gasteiger partial charge in [-0.2, -0.15) is 0 Å². The van der Waals surface area contributed by atoms with Crippen molar-refractivity contribution in [3.05, 3.63) is 23.3 Å². The van der Waals surface area contributed by atoms with Gasteiger partial charge in [-0.05, 0) is 36.8 Å². The Bertz CT molecular complexity index is 158. The second-order valence-corrected chi connectivity index (χ2v) is 3.80. The lowest BCUT2D eigenvalue weighted by Gasteiger charge is -2.18. The molecule has 0 unspecified atom stereocenters. The predicted molar refractivity (Wildman–Crippen MR) is 57.2 cm³/mol. The molecule has 0 fully saturated rings. The Balaban J connectivity index is 4.73. The Labute approximate surface area is 77.4 Å². The van der Waals surface area contributed by atoms with Crippen LogP contribution in [0, 0.1) is 11.8 Å². The van der Waals surface area contributed by atoms with E-state index < -0.39 is 0 Å². The SMILES string of the molecule is C/C=C(\C(=C/C)C(C)C)C(C)C. The van der Waals surface area contributed by atoms with Crippen LogP contribution in [0.25, 0.3) is 0 Å². The Hall–Kier alpha value is -0.520. The van der Waals surface area contributed by atoms with Crippen molar-refractivity contribution in [1.82, 2.24) is 0 Å². The van der Waals surface area contributed by atoms with Gasteiger partial charge in [0, 0.05) is 0 Å². The normalized spacial score (nSPS) is 14.7. The first-order chi connectivity index (χ1) is 5.54. The average molecular weight is 166 g/mol. The first-order valence-corrected chi connectivity index (χ1v) is 4.87. The summed E-state index contributed by atoms with van der Waals surface area (Å²) in [4.78, 5) is 0. The van der Waals surface area contributed by atoms with E-state index in [0.29, 0.717) is 11.8 Å². The minimum Gasteiger partial charge on any atom is -0.0839 e. The van der Waals surface area contributed by atoms with Crippen LogP contribution in [0.15, 0.2) is 23.3 Å². The summed E-state index contributed by atoms with van der Waals surface area (Å²) in [5.41, 5.74) is 2.99. The zero-order chi connectivity index (χ0) is 9.72. The zero-order valence-electron chi connectivity index (χ0n) is 9.31. The van der Waals surface area contributed by atoms with Gasteiger partial charge in [-0.1, -0.05) is 39.8 Å². The number of hydrogen-bond donors (Lipinski definition) is 0. The minimum absolute atomic E-state index is 0.642. The van der Waals surface area contributed by atoms with Crippen molar-refractivity contribution >= 4 is 0 Å². The second-order valence-electron chi connectivity index (χ2n) is 3.80. The summed E-state index contributed by atoms with van der Waals surface area (Å²) in [6.07, 6.45) is 4.47. The standard InChI is InChI=1S/C12H22/c1-7-11(9(3)4)12(8-2)10(5)6/h7-10H,1-6H3/b11-7-,12-8-. The van der Waals surface area contributed by atoms with Gasteiger partial charge in [0.1, 0.15) is 0 Å². The molecule has 0 saturated carbocycles. The van der Waals surface area contributed by atoms with Crippen LogP contribution in [0.5, 0.6) is 0 Å². The molecule has 0 heterocycles. The highest BCUT2D eigenvalue weighted by molar-refractivity contribution is 5.32. The Morgan fingerprint density at radius 3 is 1.08 bits per heavy atom. The summed E-state index contributed by atoms with van der Waals surface area (Å²) in [7, 11) is 0. The van der Waals surface area contributed by atoms with Gasteiger partial charge in [0.15, 0.2) is 0 Å². The quantitative estimate of drug-likeness (QED) is 0.551. The summed E-state index contributed by atoms with van der Waals surface area (Å²) >= 11 is 0. The van der Waals surface area contributed by atoms with Crippen LogP contribution in [-0.4, -0.2) is 0 Å². The average Bonchev–Trinajstić information content (AvgIpc) is 1.98. The van der Waals surface area contributed by atoms with Gasteiger partial charge in [0.25, 0.3) is 0 Å². The van der Waals surface area contributed by atoms with E-state index >= 15 is 0 Å². The first-order valence-electron chi connectivity index (χ1n) is 4.87. The Kier molecular flexibility index (Phi) is 4.96. The lowest BCUT2D eigenvalue weighted by molar-refractivity contribution is 0.699. The van der Waals surface area contributed by atoms with E-state index in [1.165, 1.54) is 11.1 Å². The molecule has 0 aliphatic carbocycles. The number of allylic oxidation sites excluding steroid dienone is 4.